The number of urea groups is 1. The van der Waals surface area contributed by atoms with E-state index in [2.05, 4.69) is 5.32 Å². The van der Waals surface area contributed by atoms with Crippen molar-refractivity contribution in [3.05, 3.63) is 29.8 Å². The Morgan fingerprint density at radius 3 is 2.45 bits per heavy atom. The van der Waals surface area contributed by atoms with Crippen molar-refractivity contribution in [2.75, 3.05) is 27.2 Å². The van der Waals surface area contributed by atoms with Crippen LogP contribution < -0.4 is 10.1 Å². The van der Waals surface area contributed by atoms with Crippen LogP contribution in [0.3, 0.4) is 0 Å². The molecule has 1 rings (SSSR count). The van der Waals surface area contributed by atoms with E-state index >= 15 is 0 Å². The minimum Gasteiger partial charge on any atom is -0.497 e. The smallest absolute Gasteiger partial charge is 0.317 e. The fourth-order valence-corrected chi connectivity index (χ4v) is 1.89. The molecule has 112 valence electrons. The molecule has 0 aliphatic rings. The van der Waals surface area contributed by atoms with Gasteiger partial charge in [0.25, 0.3) is 0 Å². The number of carbonyl (C=O) groups is 1. The number of ether oxygens (including phenoxy) is 1. The first kappa shape index (κ1) is 16.3. The SMILES string of the molecule is COc1ccc(CCNC(=O)N(C)CC(C)(C)O)cc1. The van der Waals surface area contributed by atoms with Crippen LogP contribution in [0.25, 0.3) is 0 Å². The van der Waals surface area contributed by atoms with Gasteiger partial charge >= 0.3 is 6.03 Å². The zero-order chi connectivity index (χ0) is 15.2. The summed E-state index contributed by atoms with van der Waals surface area (Å²) in [5, 5.41) is 12.5. The number of nitrogens with one attached hydrogen (secondary N) is 1. The molecule has 0 saturated heterocycles. The Balaban J connectivity index is 2.34. The Labute approximate surface area is 120 Å². The molecule has 0 aliphatic heterocycles. The highest BCUT2D eigenvalue weighted by Gasteiger charge is 2.18. The van der Waals surface area contributed by atoms with Gasteiger partial charge in [-0.05, 0) is 38.0 Å². The maximum atomic E-state index is 11.8. The van der Waals surface area contributed by atoms with Crippen LogP contribution in [0, 0.1) is 0 Å². The third kappa shape index (κ3) is 5.93. The minimum absolute atomic E-state index is 0.180. The first-order valence-corrected chi connectivity index (χ1v) is 6.66. The molecule has 1 aromatic carbocycles. The molecule has 0 fully saturated rings. The summed E-state index contributed by atoms with van der Waals surface area (Å²) in [5.41, 5.74) is 0.249. The molecule has 20 heavy (non-hydrogen) atoms. The molecule has 0 bridgehead atoms. The molecule has 0 heterocycles. The molecule has 2 N–H and O–H groups in total. The second-order valence-corrected chi connectivity index (χ2v) is 5.50. The summed E-state index contributed by atoms with van der Waals surface area (Å²) in [6, 6.07) is 7.58. The second-order valence-electron chi connectivity index (χ2n) is 5.50. The highest BCUT2D eigenvalue weighted by Crippen LogP contribution is 2.11. The predicted octanol–water partition coefficient (Wildman–Crippen LogP) is 1.65. The largest absolute Gasteiger partial charge is 0.497 e. The fraction of sp³-hybridized carbons (Fsp3) is 0.533. The summed E-state index contributed by atoms with van der Waals surface area (Å²) in [6.07, 6.45) is 0.756. The number of likely N-dealkylation sites (N-methyl/N-ethyl adjacent to an activating group) is 1. The molecule has 5 nitrogen and oxygen atoms in total. The van der Waals surface area contributed by atoms with E-state index in [-0.39, 0.29) is 6.03 Å². The van der Waals surface area contributed by atoms with Crippen molar-refractivity contribution in [3.8, 4) is 5.75 Å². The van der Waals surface area contributed by atoms with Crippen molar-refractivity contribution in [2.45, 2.75) is 25.9 Å². The van der Waals surface area contributed by atoms with Crippen molar-refractivity contribution in [3.63, 3.8) is 0 Å². The van der Waals surface area contributed by atoms with Crippen LogP contribution in [-0.4, -0.2) is 48.9 Å². The molecule has 0 radical (unpaired) electrons. The minimum atomic E-state index is -0.887. The van der Waals surface area contributed by atoms with Crippen LogP contribution in [0.4, 0.5) is 4.79 Å². The third-order valence-corrected chi connectivity index (χ3v) is 2.82. The highest BCUT2D eigenvalue weighted by molar-refractivity contribution is 5.73. The van der Waals surface area contributed by atoms with Gasteiger partial charge in [-0.2, -0.15) is 0 Å². The lowest BCUT2D eigenvalue weighted by Crippen LogP contribution is -2.45. The average Bonchev–Trinajstić information content (AvgIpc) is 2.37. The molecule has 0 saturated carbocycles. The van der Waals surface area contributed by atoms with Crippen molar-refractivity contribution < 1.29 is 14.6 Å². The maximum absolute atomic E-state index is 11.8. The zero-order valence-corrected chi connectivity index (χ0v) is 12.6. The summed E-state index contributed by atoms with van der Waals surface area (Å²) < 4.78 is 5.09. The van der Waals surface area contributed by atoms with Crippen molar-refractivity contribution >= 4 is 6.03 Å². The molecule has 5 heteroatoms. The molecule has 0 atom stereocenters. The summed E-state index contributed by atoms with van der Waals surface area (Å²) in [5.74, 6) is 0.822. The number of methoxy groups -OCH3 is 1. The molecule has 0 spiro atoms. The van der Waals surface area contributed by atoms with E-state index in [1.807, 2.05) is 24.3 Å². The fourth-order valence-electron chi connectivity index (χ4n) is 1.89. The number of benzene rings is 1. The van der Waals surface area contributed by atoms with E-state index in [0.717, 1.165) is 17.7 Å². The van der Waals surface area contributed by atoms with Gasteiger partial charge in [-0.25, -0.2) is 4.79 Å². The van der Waals surface area contributed by atoms with E-state index in [0.29, 0.717) is 13.1 Å². The number of aliphatic hydroxyl groups is 1. The van der Waals surface area contributed by atoms with Crippen LogP contribution >= 0.6 is 0 Å². The summed E-state index contributed by atoms with van der Waals surface area (Å²) in [7, 11) is 3.30. The molecule has 0 aliphatic carbocycles. The van der Waals surface area contributed by atoms with E-state index in [9.17, 15) is 9.90 Å². The van der Waals surface area contributed by atoms with E-state index in [4.69, 9.17) is 4.74 Å². The van der Waals surface area contributed by atoms with Gasteiger partial charge in [0.05, 0.1) is 19.3 Å². The highest BCUT2D eigenvalue weighted by atomic mass is 16.5. The van der Waals surface area contributed by atoms with Gasteiger partial charge in [0.15, 0.2) is 0 Å². The number of amides is 2. The molecular weight excluding hydrogens is 256 g/mol. The van der Waals surface area contributed by atoms with Gasteiger partial charge in [-0.3, -0.25) is 0 Å². The number of carbonyl (C=O) groups excluding carboxylic acids is 1. The molecule has 0 aromatic heterocycles. The molecule has 2 amide bonds. The Kier molecular flexibility index (Phi) is 5.82. The maximum Gasteiger partial charge on any atom is 0.317 e. The summed E-state index contributed by atoms with van der Waals surface area (Å²) in [6.45, 7) is 4.20. The Morgan fingerprint density at radius 1 is 1.35 bits per heavy atom. The van der Waals surface area contributed by atoms with E-state index in [1.54, 1.807) is 28.0 Å². The van der Waals surface area contributed by atoms with Gasteiger partial charge in [-0.15, -0.1) is 0 Å². The van der Waals surface area contributed by atoms with Crippen LogP contribution in [0.5, 0.6) is 5.75 Å². The molecular formula is C15H24N2O3. The van der Waals surface area contributed by atoms with Gasteiger partial charge < -0.3 is 20.1 Å². The monoisotopic (exact) mass is 280 g/mol. The Hall–Kier alpha value is -1.75. The summed E-state index contributed by atoms with van der Waals surface area (Å²) in [4.78, 5) is 13.3. The Morgan fingerprint density at radius 2 is 1.95 bits per heavy atom. The lowest BCUT2D eigenvalue weighted by molar-refractivity contribution is 0.0532. The van der Waals surface area contributed by atoms with Crippen molar-refractivity contribution in [1.82, 2.24) is 10.2 Å². The molecule has 0 unspecified atom stereocenters. The number of hydrogen-bond acceptors (Lipinski definition) is 3. The van der Waals surface area contributed by atoms with Gasteiger partial charge in [0.2, 0.25) is 0 Å². The quantitative estimate of drug-likeness (QED) is 0.833. The topological polar surface area (TPSA) is 61.8 Å². The number of rotatable bonds is 6. The van der Waals surface area contributed by atoms with Gasteiger partial charge in [-0.1, -0.05) is 12.1 Å². The van der Waals surface area contributed by atoms with Crippen LogP contribution in [0.15, 0.2) is 24.3 Å². The number of nitrogens with zero attached hydrogens (tertiary/aromatic N) is 1. The lowest BCUT2D eigenvalue weighted by atomic mass is 10.1. The normalized spacial score (nSPS) is 11.1. The first-order valence-electron chi connectivity index (χ1n) is 6.66. The van der Waals surface area contributed by atoms with E-state index in [1.165, 1.54) is 4.90 Å². The summed E-state index contributed by atoms with van der Waals surface area (Å²) >= 11 is 0. The van der Waals surface area contributed by atoms with Crippen LogP contribution in [0.1, 0.15) is 19.4 Å². The average molecular weight is 280 g/mol. The lowest BCUT2D eigenvalue weighted by Gasteiger charge is -2.25. The first-order chi connectivity index (χ1) is 9.31. The van der Waals surface area contributed by atoms with Gasteiger partial charge in [0.1, 0.15) is 5.75 Å². The van der Waals surface area contributed by atoms with Crippen LogP contribution in [-0.2, 0) is 6.42 Å². The zero-order valence-electron chi connectivity index (χ0n) is 12.6. The Bertz CT molecular complexity index is 424. The van der Waals surface area contributed by atoms with Crippen molar-refractivity contribution in [2.24, 2.45) is 0 Å². The molecule has 1 aromatic rings. The standard InChI is InChI=1S/C15H24N2O3/c1-15(2,19)11-17(3)14(18)16-10-9-12-5-7-13(20-4)8-6-12/h5-8,19H,9-11H2,1-4H3,(H,16,18). The van der Waals surface area contributed by atoms with Gasteiger partial charge in [0, 0.05) is 13.6 Å². The van der Waals surface area contributed by atoms with E-state index < -0.39 is 5.60 Å². The number of hydrogen-bond donors (Lipinski definition) is 2. The second kappa shape index (κ2) is 7.14. The predicted molar refractivity (Wildman–Crippen MR) is 79.0 cm³/mol. The third-order valence-electron chi connectivity index (χ3n) is 2.82. The van der Waals surface area contributed by atoms with Crippen LogP contribution in [0.2, 0.25) is 0 Å². The van der Waals surface area contributed by atoms with Crippen molar-refractivity contribution in [1.29, 1.82) is 0 Å².